The van der Waals surface area contributed by atoms with E-state index in [9.17, 15) is 15.8 Å². The highest BCUT2D eigenvalue weighted by atomic mass is 15.0. The van der Waals surface area contributed by atoms with Crippen molar-refractivity contribution >= 4 is 43.6 Å². The van der Waals surface area contributed by atoms with Crippen LogP contribution in [0, 0.1) is 34.0 Å². The molecule has 3 heterocycles. The topological polar surface area (TPSA) is 120 Å². The van der Waals surface area contributed by atoms with Gasteiger partial charge in [0.1, 0.15) is 0 Å². The van der Waals surface area contributed by atoms with E-state index in [-0.39, 0.29) is 0 Å². The van der Waals surface area contributed by atoms with E-state index in [0.717, 1.165) is 138 Å². The molecule has 0 aliphatic carbocycles. The molecule has 8 nitrogen and oxygen atoms in total. The molecule has 3 aromatic heterocycles. The summed E-state index contributed by atoms with van der Waals surface area (Å²) in [5, 5.41) is 35.6. The van der Waals surface area contributed by atoms with Crippen LogP contribution in [0.3, 0.4) is 0 Å². The van der Waals surface area contributed by atoms with Gasteiger partial charge in [0.25, 0.3) is 0 Å². The van der Waals surface area contributed by atoms with Crippen molar-refractivity contribution < 1.29 is 0 Å². The van der Waals surface area contributed by atoms with Gasteiger partial charge in [0.2, 0.25) is 0 Å². The highest BCUT2D eigenvalue weighted by Crippen LogP contribution is 2.44. The second kappa shape index (κ2) is 24.6. The molecule has 0 N–H and O–H groups in total. The smallest absolute Gasteiger partial charge is 0.164 e. The summed E-state index contributed by atoms with van der Waals surface area (Å²) in [5.74, 6) is 1.23. The summed E-state index contributed by atoms with van der Waals surface area (Å²) in [4.78, 5) is 16.5. The van der Waals surface area contributed by atoms with Gasteiger partial charge >= 0.3 is 0 Å². The average molecular weight is 1250 g/mol. The van der Waals surface area contributed by atoms with Crippen LogP contribution in [0.15, 0.2) is 328 Å². The molecule has 0 aliphatic heterocycles. The van der Waals surface area contributed by atoms with Gasteiger partial charge in [-0.05, 0) is 193 Å². The van der Waals surface area contributed by atoms with Gasteiger partial charge in [-0.15, -0.1) is 0 Å². The highest BCUT2D eigenvalue weighted by molar-refractivity contribution is 6.13. The number of benzene rings is 14. The zero-order valence-corrected chi connectivity index (χ0v) is 52.8. The van der Waals surface area contributed by atoms with E-state index in [0.29, 0.717) is 45.3 Å². The van der Waals surface area contributed by atoms with Crippen molar-refractivity contribution in [1.82, 2.24) is 24.1 Å². The maximum absolute atomic E-state index is 10.5. The van der Waals surface area contributed by atoms with Gasteiger partial charge in [0.05, 0.1) is 57.0 Å². The van der Waals surface area contributed by atoms with Crippen LogP contribution in [0.4, 0.5) is 0 Å². The minimum absolute atomic E-state index is 0.404. The largest absolute Gasteiger partial charge is 0.309 e. The minimum atomic E-state index is 0.404. The van der Waals surface area contributed by atoms with Crippen molar-refractivity contribution in [3.05, 3.63) is 344 Å². The number of hydrogen-bond acceptors (Lipinski definition) is 6. The number of rotatable bonds is 12. The second-order valence-corrected chi connectivity index (χ2v) is 24.4. The molecule has 0 unspecified atom stereocenters. The normalized spacial score (nSPS) is 11.2. The van der Waals surface area contributed by atoms with Crippen molar-refractivity contribution in [2.45, 2.75) is 0 Å². The van der Waals surface area contributed by atoms with Crippen LogP contribution in [0.1, 0.15) is 16.7 Å². The Balaban J connectivity index is 0.893. The molecular formula is C90H54N8. The fourth-order valence-corrected chi connectivity index (χ4v) is 13.9. The first-order valence-corrected chi connectivity index (χ1v) is 32.5. The summed E-state index contributed by atoms with van der Waals surface area (Å²) in [6.07, 6.45) is 0. The molecule has 0 saturated carbocycles. The molecule has 0 radical (unpaired) electrons. The Bertz CT molecular complexity index is 5610. The molecule has 0 aliphatic rings. The third kappa shape index (κ3) is 10.5. The van der Waals surface area contributed by atoms with Crippen LogP contribution in [0.2, 0.25) is 0 Å². The van der Waals surface area contributed by atoms with Crippen molar-refractivity contribution in [3.8, 4) is 142 Å². The number of hydrogen-bond donors (Lipinski definition) is 0. The fourth-order valence-electron chi connectivity index (χ4n) is 13.9. The van der Waals surface area contributed by atoms with Crippen LogP contribution in [0.25, 0.3) is 167 Å². The molecule has 0 saturated heterocycles. The number of nitriles is 3. The Kier molecular flexibility index (Phi) is 14.5. The Labute approximate surface area is 566 Å². The molecule has 0 spiro atoms. The van der Waals surface area contributed by atoms with Gasteiger partial charge in [-0.2, -0.15) is 15.8 Å². The van der Waals surface area contributed by atoms with Crippen LogP contribution in [-0.4, -0.2) is 24.1 Å². The maximum Gasteiger partial charge on any atom is 0.164 e. The van der Waals surface area contributed by atoms with E-state index in [2.05, 4.69) is 234 Å². The monoisotopic (exact) mass is 1250 g/mol. The molecule has 0 bridgehead atoms. The van der Waals surface area contributed by atoms with Crippen molar-refractivity contribution in [2.24, 2.45) is 0 Å². The number of aromatic nitrogens is 5. The Hall–Kier alpha value is -13.8. The lowest BCUT2D eigenvalue weighted by atomic mass is 9.95. The third-order valence-corrected chi connectivity index (χ3v) is 18.7. The molecular weight excluding hydrogens is 1190 g/mol. The fraction of sp³-hybridized carbons (Fsp3) is 0. The Morgan fingerprint density at radius 1 is 0.214 bits per heavy atom. The first-order valence-electron chi connectivity index (χ1n) is 32.5. The predicted octanol–water partition coefficient (Wildman–Crippen LogP) is 22.4. The predicted molar refractivity (Wildman–Crippen MR) is 397 cm³/mol. The lowest BCUT2D eigenvalue weighted by molar-refractivity contribution is 1.07. The summed E-state index contributed by atoms with van der Waals surface area (Å²) in [7, 11) is 0. The number of nitrogens with zero attached hydrogens (tertiary/aromatic N) is 8. The molecule has 17 aromatic rings. The van der Waals surface area contributed by atoms with Gasteiger partial charge < -0.3 is 9.13 Å². The lowest BCUT2D eigenvalue weighted by Crippen LogP contribution is -2.04. The van der Waals surface area contributed by atoms with Gasteiger partial charge in [0.15, 0.2) is 17.5 Å². The quantitative estimate of drug-likeness (QED) is 0.120. The van der Waals surface area contributed by atoms with E-state index in [1.54, 1.807) is 0 Å². The molecule has 98 heavy (non-hydrogen) atoms. The minimum Gasteiger partial charge on any atom is -0.309 e. The molecule has 0 amide bonds. The molecule has 17 rings (SSSR count). The van der Waals surface area contributed by atoms with Crippen LogP contribution < -0.4 is 0 Å². The molecule has 14 aromatic carbocycles. The summed E-state index contributed by atoms with van der Waals surface area (Å²) in [5.41, 5.74) is 23.6. The summed E-state index contributed by atoms with van der Waals surface area (Å²) in [6, 6.07) is 120. The molecule has 8 heteroatoms. The first-order chi connectivity index (χ1) is 48.4. The van der Waals surface area contributed by atoms with E-state index in [4.69, 9.17) is 15.0 Å². The first kappa shape index (κ1) is 58.0. The lowest BCUT2D eigenvalue weighted by Gasteiger charge is -2.17. The average Bonchev–Trinajstić information content (AvgIpc) is 1.57. The summed E-state index contributed by atoms with van der Waals surface area (Å²) >= 11 is 0. The Morgan fingerprint density at radius 2 is 0.551 bits per heavy atom. The third-order valence-electron chi connectivity index (χ3n) is 18.7. The summed E-state index contributed by atoms with van der Waals surface area (Å²) < 4.78 is 4.66. The van der Waals surface area contributed by atoms with E-state index < -0.39 is 0 Å². The molecule has 0 fully saturated rings. The SMILES string of the molecule is N#Cc1cccc(-c2cc(-n3c4ccc(-c5ccccc5)cc4c4cc(-c5ccccc5)ccc43)ccc2-c2nc(-c3ccc(-c4ccccc4C#N)cc3)nc(-c3ccc(-n4c5ccc(-c6ccccc6)cc5c5cc(-c6ccccc6)ccc54)cc3-c3cccc(C#N)c3)n2)c1. The molecule has 454 valence electrons. The Morgan fingerprint density at radius 3 is 0.929 bits per heavy atom. The van der Waals surface area contributed by atoms with Crippen molar-refractivity contribution in [2.75, 3.05) is 0 Å². The number of fused-ring (bicyclic) bond motifs is 6. The zero-order valence-electron chi connectivity index (χ0n) is 52.8. The van der Waals surface area contributed by atoms with Gasteiger partial charge in [0, 0.05) is 49.6 Å². The van der Waals surface area contributed by atoms with E-state index >= 15 is 0 Å². The van der Waals surface area contributed by atoms with Crippen LogP contribution in [-0.2, 0) is 0 Å². The zero-order chi connectivity index (χ0) is 65.6. The van der Waals surface area contributed by atoms with E-state index in [1.807, 2.05) is 121 Å². The second-order valence-electron chi connectivity index (χ2n) is 24.4. The van der Waals surface area contributed by atoms with Gasteiger partial charge in [-0.3, -0.25) is 0 Å². The van der Waals surface area contributed by atoms with Gasteiger partial charge in [-0.1, -0.05) is 212 Å². The van der Waals surface area contributed by atoms with Crippen LogP contribution in [0.5, 0.6) is 0 Å². The standard InChI is InChI=1S/C90H54N8/c91-55-58-17-15-28-70(47-58)78-53-73(97-84-43-35-66(60-19-5-1-6-20-60)49-80(84)81-50-67(36-44-85(81)97)61-21-7-2-8-22-61)39-41-76(78)89-94-88(65-33-31-64(32-34-65)75-30-14-13-27-72(75)57-93)95-90(96-89)77-42-40-74(54-79(77)71-29-16-18-59(48-71)56-92)98-86-45-37-68(62-23-9-3-10-24-62)51-82(86)83-52-69(38-46-87(83)98)63-25-11-4-12-26-63/h1-54H. The van der Waals surface area contributed by atoms with E-state index in [1.165, 1.54) is 0 Å². The van der Waals surface area contributed by atoms with Crippen LogP contribution >= 0.6 is 0 Å². The van der Waals surface area contributed by atoms with Crippen molar-refractivity contribution in [1.29, 1.82) is 15.8 Å². The van der Waals surface area contributed by atoms with Gasteiger partial charge in [-0.25, -0.2) is 15.0 Å². The molecule has 0 atom stereocenters. The highest BCUT2D eigenvalue weighted by Gasteiger charge is 2.24. The maximum atomic E-state index is 10.5. The van der Waals surface area contributed by atoms with Crippen molar-refractivity contribution in [3.63, 3.8) is 0 Å². The summed E-state index contributed by atoms with van der Waals surface area (Å²) in [6.45, 7) is 0.